The maximum Gasteiger partial charge on any atom is 0.265 e. The Labute approximate surface area is 68.4 Å². The maximum absolute atomic E-state index is 10.5. The van der Waals surface area contributed by atoms with Gasteiger partial charge in [-0.05, 0) is 0 Å². The highest BCUT2D eigenvalue weighted by molar-refractivity contribution is 5.80. The van der Waals surface area contributed by atoms with Gasteiger partial charge in [0, 0.05) is 0 Å². The van der Waals surface area contributed by atoms with Crippen molar-refractivity contribution in [2.75, 3.05) is 6.61 Å². The number of amides is 1. The van der Waals surface area contributed by atoms with Gasteiger partial charge in [0.05, 0.1) is 6.61 Å². The van der Waals surface area contributed by atoms with Gasteiger partial charge in [0.1, 0.15) is 12.2 Å². The van der Waals surface area contributed by atoms with E-state index in [4.69, 9.17) is 20.4 Å². The average molecular weight is 180 g/mol. The molecule has 0 radical (unpaired) electrons. The van der Waals surface area contributed by atoms with E-state index < -0.39 is 30.8 Å². The highest BCUT2D eigenvalue weighted by atomic mass is 16.4. The van der Waals surface area contributed by atoms with Crippen LogP contribution in [0.2, 0.25) is 0 Å². The van der Waals surface area contributed by atoms with E-state index in [1.807, 2.05) is 0 Å². The van der Waals surface area contributed by atoms with E-state index in [0.29, 0.717) is 0 Å². The average Bonchev–Trinajstić information content (AvgIpc) is 2.12. The Kier molecular flexibility index (Phi) is 4.71. The van der Waals surface area contributed by atoms with E-state index in [-0.39, 0.29) is 0 Å². The Morgan fingerprint density at radius 2 is 1.92 bits per heavy atom. The molecule has 0 unspecified atom stereocenters. The van der Waals surface area contributed by atoms with Crippen LogP contribution in [0.15, 0.2) is 0 Å². The summed E-state index contributed by atoms with van der Waals surface area (Å²) in [4.78, 5) is 10.5. The van der Waals surface area contributed by atoms with E-state index >= 15 is 0 Å². The van der Waals surface area contributed by atoms with Crippen molar-refractivity contribution in [1.82, 2.24) is 5.43 Å². The predicted octanol–water partition coefficient (Wildman–Crippen LogP) is -3.95. The molecule has 7 N–H and O–H groups in total. The Balaban J connectivity index is 4.08. The fraction of sp³-hybridized carbons (Fsp3) is 0.800. The molecule has 0 fully saturated rings. The second kappa shape index (κ2) is 5.01. The summed E-state index contributed by atoms with van der Waals surface area (Å²) in [6.07, 6.45) is -5.17. The molecule has 0 aromatic rings. The molecular formula is C5H12N2O5. The SMILES string of the molecule is NNC(=O)[C@@H](O)[C@@H](O)[C@H](O)CO. The molecule has 7 heteroatoms. The van der Waals surface area contributed by atoms with Crippen molar-refractivity contribution in [3.63, 3.8) is 0 Å². The Morgan fingerprint density at radius 3 is 2.25 bits per heavy atom. The molecule has 0 rings (SSSR count). The normalized spacial score (nSPS) is 18.1. The van der Waals surface area contributed by atoms with Crippen molar-refractivity contribution in [3.8, 4) is 0 Å². The van der Waals surface area contributed by atoms with Crippen LogP contribution in [0.3, 0.4) is 0 Å². The Bertz CT molecular complexity index is 153. The van der Waals surface area contributed by atoms with Crippen LogP contribution in [0.4, 0.5) is 0 Å². The first-order chi connectivity index (χ1) is 5.54. The first kappa shape index (κ1) is 11.3. The Morgan fingerprint density at radius 1 is 1.42 bits per heavy atom. The van der Waals surface area contributed by atoms with Gasteiger partial charge in [-0.2, -0.15) is 0 Å². The summed E-state index contributed by atoms with van der Waals surface area (Å²) in [7, 11) is 0. The smallest absolute Gasteiger partial charge is 0.265 e. The summed E-state index contributed by atoms with van der Waals surface area (Å²) in [6.45, 7) is -0.754. The third kappa shape index (κ3) is 2.72. The second-order valence-electron chi connectivity index (χ2n) is 2.19. The molecule has 0 bridgehead atoms. The number of hydrogen-bond acceptors (Lipinski definition) is 6. The minimum Gasteiger partial charge on any atom is -0.394 e. The number of carbonyl (C=O) groups excluding carboxylic acids is 1. The lowest BCUT2D eigenvalue weighted by molar-refractivity contribution is -0.142. The van der Waals surface area contributed by atoms with Crippen LogP contribution in [-0.4, -0.2) is 51.3 Å². The summed E-state index contributed by atoms with van der Waals surface area (Å²) in [6, 6.07) is 0. The number of nitrogens with two attached hydrogens (primary N) is 1. The lowest BCUT2D eigenvalue weighted by Gasteiger charge is -2.19. The summed E-state index contributed by atoms with van der Waals surface area (Å²) in [5.74, 6) is 3.61. The first-order valence-corrected chi connectivity index (χ1v) is 3.20. The largest absolute Gasteiger partial charge is 0.394 e. The number of carbonyl (C=O) groups is 1. The van der Waals surface area contributed by atoms with Crippen molar-refractivity contribution >= 4 is 5.91 Å². The minimum atomic E-state index is -1.85. The van der Waals surface area contributed by atoms with Crippen molar-refractivity contribution < 1.29 is 25.2 Å². The number of aliphatic hydroxyl groups is 4. The highest BCUT2D eigenvalue weighted by Crippen LogP contribution is 1.99. The number of nitrogens with one attached hydrogen (secondary N) is 1. The zero-order valence-corrected chi connectivity index (χ0v) is 6.21. The standard InChI is InChI=1S/C5H12N2O5/c6-7-5(12)4(11)3(10)2(9)1-8/h2-4,8-11H,1,6H2,(H,7,12)/t2-,3+,4+/m1/s1. The fourth-order valence-electron chi connectivity index (χ4n) is 0.559. The van der Waals surface area contributed by atoms with E-state index in [1.54, 1.807) is 5.43 Å². The molecule has 0 aliphatic carbocycles. The summed E-state index contributed by atoms with van der Waals surface area (Å²) in [5.41, 5.74) is 1.58. The predicted molar refractivity (Wildman–Crippen MR) is 37.4 cm³/mol. The summed E-state index contributed by atoms with van der Waals surface area (Å²) in [5, 5.41) is 34.9. The Hall–Kier alpha value is -0.730. The van der Waals surface area contributed by atoms with Crippen LogP contribution < -0.4 is 11.3 Å². The molecule has 1 amide bonds. The van der Waals surface area contributed by atoms with Crippen molar-refractivity contribution in [2.45, 2.75) is 18.3 Å². The van der Waals surface area contributed by atoms with Gasteiger partial charge in [-0.1, -0.05) is 0 Å². The van der Waals surface area contributed by atoms with E-state index in [2.05, 4.69) is 5.84 Å². The topological polar surface area (TPSA) is 136 Å². The van der Waals surface area contributed by atoms with Crippen molar-refractivity contribution in [1.29, 1.82) is 0 Å². The molecule has 0 aromatic heterocycles. The number of aliphatic hydroxyl groups excluding tert-OH is 4. The third-order valence-corrected chi connectivity index (χ3v) is 1.32. The van der Waals surface area contributed by atoms with Gasteiger partial charge in [0.15, 0.2) is 6.10 Å². The monoisotopic (exact) mass is 180 g/mol. The summed E-state index contributed by atoms with van der Waals surface area (Å²) >= 11 is 0. The molecule has 0 aliphatic heterocycles. The molecule has 3 atom stereocenters. The van der Waals surface area contributed by atoms with Gasteiger partial charge in [-0.3, -0.25) is 10.2 Å². The lowest BCUT2D eigenvalue weighted by Crippen LogP contribution is -2.50. The first-order valence-electron chi connectivity index (χ1n) is 3.20. The van der Waals surface area contributed by atoms with Crippen molar-refractivity contribution in [3.05, 3.63) is 0 Å². The van der Waals surface area contributed by atoms with Gasteiger partial charge in [0.2, 0.25) is 0 Å². The third-order valence-electron chi connectivity index (χ3n) is 1.32. The van der Waals surface area contributed by atoms with Crippen LogP contribution in [-0.2, 0) is 4.79 Å². The lowest BCUT2D eigenvalue weighted by atomic mass is 10.1. The van der Waals surface area contributed by atoms with Crippen molar-refractivity contribution in [2.24, 2.45) is 5.84 Å². The molecule has 0 spiro atoms. The molecule has 0 saturated carbocycles. The van der Waals surface area contributed by atoms with Gasteiger partial charge in [-0.15, -0.1) is 0 Å². The fourth-order valence-corrected chi connectivity index (χ4v) is 0.559. The molecule has 72 valence electrons. The zero-order valence-electron chi connectivity index (χ0n) is 6.21. The van der Waals surface area contributed by atoms with Gasteiger partial charge in [0.25, 0.3) is 5.91 Å². The van der Waals surface area contributed by atoms with E-state index in [9.17, 15) is 4.79 Å². The summed E-state index contributed by atoms with van der Waals surface area (Å²) < 4.78 is 0. The molecule has 12 heavy (non-hydrogen) atoms. The number of hydrogen-bond donors (Lipinski definition) is 6. The molecule has 0 saturated heterocycles. The van der Waals surface area contributed by atoms with E-state index in [1.165, 1.54) is 0 Å². The molecule has 0 aliphatic rings. The maximum atomic E-state index is 10.5. The molecular weight excluding hydrogens is 168 g/mol. The van der Waals surface area contributed by atoms with Gasteiger partial charge in [-0.25, -0.2) is 5.84 Å². The van der Waals surface area contributed by atoms with Crippen LogP contribution >= 0.6 is 0 Å². The number of hydrazine groups is 1. The van der Waals surface area contributed by atoms with Gasteiger partial charge >= 0.3 is 0 Å². The van der Waals surface area contributed by atoms with Crippen LogP contribution in [0.25, 0.3) is 0 Å². The minimum absolute atomic E-state index is 0.754. The van der Waals surface area contributed by atoms with Crippen LogP contribution in [0, 0.1) is 0 Å². The molecule has 0 aromatic carbocycles. The van der Waals surface area contributed by atoms with Gasteiger partial charge < -0.3 is 20.4 Å². The van der Waals surface area contributed by atoms with Crippen LogP contribution in [0.5, 0.6) is 0 Å². The number of rotatable bonds is 4. The quantitative estimate of drug-likeness (QED) is 0.148. The molecule has 7 nitrogen and oxygen atoms in total. The van der Waals surface area contributed by atoms with Crippen LogP contribution in [0.1, 0.15) is 0 Å². The second-order valence-corrected chi connectivity index (χ2v) is 2.19. The molecule has 0 heterocycles. The van der Waals surface area contributed by atoms with E-state index in [0.717, 1.165) is 0 Å². The zero-order chi connectivity index (χ0) is 9.72. The highest BCUT2D eigenvalue weighted by Gasteiger charge is 2.29.